The third kappa shape index (κ3) is 4.36. The predicted molar refractivity (Wildman–Crippen MR) is 140 cm³/mol. The third-order valence-electron chi connectivity index (χ3n) is 8.23. The van der Waals surface area contributed by atoms with Gasteiger partial charge in [-0.3, -0.25) is 28.9 Å². The largest absolute Gasteiger partial charge is 0.508 e. The Morgan fingerprint density at radius 3 is 2.58 bits per heavy atom. The number of aromatic hydroxyl groups is 1. The molecule has 8 nitrogen and oxygen atoms in total. The van der Waals surface area contributed by atoms with Crippen LogP contribution in [0.25, 0.3) is 0 Å². The first-order valence-corrected chi connectivity index (χ1v) is 13.6. The van der Waals surface area contributed by atoms with Crippen LogP contribution >= 0.6 is 15.9 Å². The number of ketones is 2. The van der Waals surface area contributed by atoms with Crippen molar-refractivity contribution in [2.24, 2.45) is 17.8 Å². The van der Waals surface area contributed by atoms with Gasteiger partial charge in [-0.05, 0) is 62.8 Å². The highest BCUT2D eigenvalue weighted by Crippen LogP contribution is 2.56. The summed E-state index contributed by atoms with van der Waals surface area (Å²) >= 11 is 3.44. The number of likely N-dealkylation sites (tertiary alicyclic amines) is 1. The normalized spacial score (nSPS) is 26.6. The summed E-state index contributed by atoms with van der Waals surface area (Å²) in [7, 11) is 0. The molecule has 4 aliphatic rings. The van der Waals surface area contributed by atoms with E-state index < -0.39 is 29.6 Å². The van der Waals surface area contributed by atoms with E-state index in [-0.39, 0.29) is 48.5 Å². The highest BCUT2D eigenvalue weighted by molar-refractivity contribution is 9.10. The number of carbonyl (C=O) groups excluding carboxylic acids is 4. The van der Waals surface area contributed by atoms with Crippen molar-refractivity contribution in [3.8, 4) is 5.75 Å². The van der Waals surface area contributed by atoms with Gasteiger partial charge in [-0.15, -0.1) is 0 Å². The van der Waals surface area contributed by atoms with E-state index in [9.17, 15) is 29.1 Å². The molecule has 9 heteroatoms. The number of fused-ring (bicyclic) bond motifs is 3. The number of unbranched alkanes of at least 4 members (excludes halogenated alkanes) is 2. The van der Waals surface area contributed by atoms with Crippen molar-refractivity contribution in [1.82, 2.24) is 4.90 Å². The Morgan fingerprint density at radius 1 is 1.08 bits per heavy atom. The molecule has 0 bridgehead atoms. The van der Waals surface area contributed by atoms with Crippen LogP contribution in [0.4, 0.5) is 0 Å². The molecule has 0 unspecified atom stereocenters. The second-order valence-corrected chi connectivity index (χ2v) is 11.4. The Balaban J connectivity index is 1.51. The number of benzene rings is 1. The number of carboxylic acids is 1. The summed E-state index contributed by atoms with van der Waals surface area (Å²) in [4.78, 5) is 65.5. The molecule has 198 valence electrons. The molecule has 38 heavy (non-hydrogen) atoms. The van der Waals surface area contributed by atoms with Gasteiger partial charge in [-0.2, -0.15) is 0 Å². The summed E-state index contributed by atoms with van der Waals surface area (Å²) in [5.74, 6) is -4.27. The van der Waals surface area contributed by atoms with E-state index in [0.29, 0.717) is 52.4 Å². The van der Waals surface area contributed by atoms with Crippen LogP contribution in [-0.4, -0.2) is 51.0 Å². The van der Waals surface area contributed by atoms with Crippen molar-refractivity contribution in [3.05, 3.63) is 62.7 Å². The number of hydrogen-bond donors (Lipinski definition) is 2. The summed E-state index contributed by atoms with van der Waals surface area (Å²) in [6.07, 6.45) is 5.42. The highest BCUT2D eigenvalue weighted by Gasteiger charge is 2.56. The van der Waals surface area contributed by atoms with Gasteiger partial charge < -0.3 is 10.2 Å². The SMILES string of the molecule is CC1=CC(=O)C2=C(C1=O)[C@@H](c1cc(Br)ccc1O)C1=CC[C@@H]3C(=O)N(CCCCCC(=O)O)C(=O)[C@@H]3[C@@H]1C2. The molecule has 1 heterocycles. The van der Waals surface area contributed by atoms with Gasteiger partial charge in [0.15, 0.2) is 11.6 Å². The van der Waals surface area contributed by atoms with Crippen molar-refractivity contribution in [1.29, 1.82) is 0 Å². The minimum Gasteiger partial charge on any atom is -0.508 e. The highest BCUT2D eigenvalue weighted by atomic mass is 79.9. The second-order valence-electron chi connectivity index (χ2n) is 10.5. The number of phenolic OH excluding ortho intramolecular Hbond substituents is 1. The van der Waals surface area contributed by atoms with Gasteiger partial charge in [0.2, 0.25) is 11.8 Å². The van der Waals surface area contributed by atoms with E-state index in [1.807, 2.05) is 6.08 Å². The van der Waals surface area contributed by atoms with Crippen LogP contribution in [-0.2, 0) is 24.0 Å². The number of carbonyl (C=O) groups is 5. The van der Waals surface area contributed by atoms with Gasteiger partial charge in [0, 0.05) is 45.6 Å². The van der Waals surface area contributed by atoms with Crippen LogP contribution in [0.5, 0.6) is 5.75 Å². The summed E-state index contributed by atoms with van der Waals surface area (Å²) in [6.45, 7) is 1.84. The summed E-state index contributed by atoms with van der Waals surface area (Å²) in [6, 6.07) is 4.95. The molecule has 1 aromatic carbocycles. The van der Waals surface area contributed by atoms with E-state index in [2.05, 4.69) is 15.9 Å². The second kappa shape index (κ2) is 10.1. The quantitative estimate of drug-likeness (QED) is 0.213. The lowest BCUT2D eigenvalue weighted by atomic mass is 9.59. The number of nitrogens with zero attached hydrogens (tertiary/aromatic N) is 1. The van der Waals surface area contributed by atoms with Crippen molar-refractivity contribution >= 4 is 45.3 Å². The number of amides is 2. The first-order valence-electron chi connectivity index (χ1n) is 12.9. The number of rotatable bonds is 7. The van der Waals surface area contributed by atoms with Gasteiger partial charge in [0.25, 0.3) is 0 Å². The topological polar surface area (TPSA) is 129 Å². The van der Waals surface area contributed by atoms with Crippen LogP contribution in [0.15, 0.2) is 57.1 Å². The standard InChI is InChI=1S/C29H28BrNO7/c1-14-11-22(33)20-13-18-16(24(26(20)27(14)36)19-12-15(30)6-9-21(19)32)7-8-17-25(18)29(38)31(28(17)37)10-4-2-3-5-23(34)35/h6-7,9,11-12,17-18,24-25,32H,2-5,8,10,13H2,1H3,(H,34,35)/t17-,18+,24+,25-/m0/s1. The monoisotopic (exact) mass is 581 g/mol. The van der Waals surface area contributed by atoms with Crippen LogP contribution in [0.1, 0.15) is 56.9 Å². The molecule has 4 atom stereocenters. The average molecular weight is 582 g/mol. The third-order valence-corrected chi connectivity index (χ3v) is 8.72. The van der Waals surface area contributed by atoms with E-state index in [1.165, 1.54) is 17.0 Å². The minimum absolute atomic E-state index is 0.0157. The van der Waals surface area contributed by atoms with Crippen molar-refractivity contribution in [3.63, 3.8) is 0 Å². The Morgan fingerprint density at radius 2 is 1.84 bits per heavy atom. The first-order chi connectivity index (χ1) is 18.1. The number of phenols is 1. The summed E-state index contributed by atoms with van der Waals surface area (Å²) in [5, 5.41) is 19.7. The smallest absolute Gasteiger partial charge is 0.303 e. The maximum atomic E-state index is 13.6. The molecular weight excluding hydrogens is 554 g/mol. The first kappa shape index (κ1) is 26.3. The molecule has 1 saturated heterocycles. The number of Topliss-reactive ketones (excluding diaryl/α,β-unsaturated/α-hetero) is 1. The number of aliphatic carboxylic acids is 1. The predicted octanol–water partition coefficient (Wildman–Crippen LogP) is 4.23. The molecule has 1 aromatic rings. The molecule has 3 aliphatic carbocycles. The van der Waals surface area contributed by atoms with Crippen LogP contribution < -0.4 is 0 Å². The molecule has 1 aliphatic heterocycles. The Kier molecular flexibility index (Phi) is 6.98. The zero-order valence-electron chi connectivity index (χ0n) is 20.9. The number of hydrogen-bond acceptors (Lipinski definition) is 6. The zero-order chi connectivity index (χ0) is 27.3. The minimum atomic E-state index is -0.874. The van der Waals surface area contributed by atoms with Gasteiger partial charge >= 0.3 is 5.97 Å². The number of carboxylic acid groups (broad SMARTS) is 1. The number of allylic oxidation sites excluding steroid dienone is 6. The average Bonchev–Trinajstić information content (AvgIpc) is 3.12. The molecule has 2 amide bonds. The van der Waals surface area contributed by atoms with E-state index >= 15 is 0 Å². The van der Waals surface area contributed by atoms with Crippen LogP contribution in [0.2, 0.25) is 0 Å². The van der Waals surface area contributed by atoms with Gasteiger partial charge in [-0.25, -0.2) is 0 Å². The molecule has 0 aromatic heterocycles. The number of halogens is 1. The summed E-state index contributed by atoms with van der Waals surface area (Å²) in [5.41, 5.74) is 2.29. The zero-order valence-corrected chi connectivity index (χ0v) is 22.5. The van der Waals surface area contributed by atoms with Gasteiger partial charge in [0.1, 0.15) is 5.75 Å². The Hall–Kier alpha value is -3.33. The Bertz CT molecular complexity index is 1370. The fourth-order valence-corrected chi connectivity index (χ4v) is 6.86. The fraction of sp³-hybridized carbons (Fsp3) is 0.414. The molecule has 1 fully saturated rings. The lowest BCUT2D eigenvalue weighted by molar-refractivity contribution is -0.141. The van der Waals surface area contributed by atoms with Crippen LogP contribution in [0.3, 0.4) is 0 Å². The fourth-order valence-electron chi connectivity index (χ4n) is 6.48. The van der Waals surface area contributed by atoms with E-state index in [1.54, 1.807) is 19.1 Å². The molecule has 2 N–H and O–H groups in total. The lowest BCUT2D eigenvalue weighted by Crippen LogP contribution is -2.40. The van der Waals surface area contributed by atoms with Crippen molar-refractivity contribution < 1.29 is 34.2 Å². The molecule has 5 rings (SSSR count). The van der Waals surface area contributed by atoms with E-state index in [0.717, 1.165) is 5.57 Å². The molecular formula is C29H28BrNO7. The maximum Gasteiger partial charge on any atom is 0.303 e. The molecule has 0 radical (unpaired) electrons. The maximum absolute atomic E-state index is 13.6. The van der Waals surface area contributed by atoms with Crippen molar-refractivity contribution in [2.75, 3.05) is 6.54 Å². The Labute approximate surface area is 228 Å². The number of imide groups is 1. The van der Waals surface area contributed by atoms with Gasteiger partial charge in [0.05, 0.1) is 11.8 Å². The van der Waals surface area contributed by atoms with Crippen molar-refractivity contribution in [2.45, 2.75) is 51.4 Å². The van der Waals surface area contributed by atoms with Gasteiger partial charge in [-0.1, -0.05) is 34.0 Å². The molecule has 0 spiro atoms. The lowest BCUT2D eigenvalue weighted by Gasteiger charge is -2.42. The molecule has 0 saturated carbocycles. The van der Waals surface area contributed by atoms with Crippen LogP contribution in [0, 0.1) is 17.8 Å². The van der Waals surface area contributed by atoms with E-state index in [4.69, 9.17) is 5.11 Å². The summed E-state index contributed by atoms with van der Waals surface area (Å²) < 4.78 is 0.701.